The standard InChI is InChI=1S/C19H28N6O2S/c1-5-14-6-8-15(9-7-14)24-25-16-17(20-10-12-26-2)22-19(21-11-13-27-3)23-18(16)28-4/h6-9H,5,10-13H2,1-4H3,(H2,20,21,22,23). The molecule has 2 rings (SSSR count). The highest BCUT2D eigenvalue weighted by atomic mass is 32.2. The third kappa shape index (κ3) is 6.74. The second kappa shape index (κ2) is 12.3. The molecule has 0 aliphatic carbocycles. The number of nitrogens with one attached hydrogen (secondary N) is 2. The van der Waals surface area contributed by atoms with Gasteiger partial charge < -0.3 is 20.1 Å². The van der Waals surface area contributed by atoms with Crippen molar-refractivity contribution in [2.45, 2.75) is 18.4 Å². The Balaban J connectivity index is 2.30. The molecule has 0 aliphatic heterocycles. The summed E-state index contributed by atoms with van der Waals surface area (Å²) in [6.45, 7) is 4.47. The van der Waals surface area contributed by atoms with E-state index in [0.717, 1.165) is 17.1 Å². The number of rotatable bonds is 12. The topological polar surface area (TPSA) is 93.0 Å². The number of hydrogen-bond donors (Lipinski definition) is 2. The third-order valence-electron chi connectivity index (χ3n) is 3.84. The van der Waals surface area contributed by atoms with Crippen LogP contribution in [0.4, 0.5) is 23.1 Å². The maximum atomic E-state index is 5.12. The predicted molar refractivity (Wildman–Crippen MR) is 115 cm³/mol. The zero-order chi connectivity index (χ0) is 20.2. The van der Waals surface area contributed by atoms with Gasteiger partial charge in [0.25, 0.3) is 0 Å². The first-order valence-electron chi connectivity index (χ1n) is 9.14. The van der Waals surface area contributed by atoms with Crippen molar-refractivity contribution in [2.75, 3.05) is 57.4 Å². The number of benzene rings is 1. The second-order valence-corrected chi connectivity index (χ2v) is 6.61. The van der Waals surface area contributed by atoms with Gasteiger partial charge in [-0.15, -0.1) is 16.9 Å². The minimum Gasteiger partial charge on any atom is -0.383 e. The Labute approximate surface area is 170 Å². The van der Waals surface area contributed by atoms with Gasteiger partial charge in [-0.2, -0.15) is 10.1 Å². The molecule has 0 radical (unpaired) electrons. The van der Waals surface area contributed by atoms with Crippen molar-refractivity contribution in [2.24, 2.45) is 10.2 Å². The van der Waals surface area contributed by atoms with E-state index >= 15 is 0 Å². The van der Waals surface area contributed by atoms with E-state index in [1.165, 1.54) is 17.3 Å². The average molecular weight is 405 g/mol. The van der Waals surface area contributed by atoms with Gasteiger partial charge in [-0.1, -0.05) is 19.1 Å². The van der Waals surface area contributed by atoms with Gasteiger partial charge in [0.15, 0.2) is 11.5 Å². The Bertz CT molecular complexity index is 755. The van der Waals surface area contributed by atoms with E-state index in [0.29, 0.717) is 43.8 Å². The minimum absolute atomic E-state index is 0.521. The SMILES string of the molecule is CCc1ccc(N=Nc2c(NCCOC)nc(NCCOC)nc2SC)cc1. The van der Waals surface area contributed by atoms with E-state index in [2.05, 4.69) is 49.9 Å². The quantitative estimate of drug-likeness (QED) is 0.236. The second-order valence-electron chi connectivity index (χ2n) is 5.81. The molecule has 1 aromatic heterocycles. The summed E-state index contributed by atoms with van der Waals surface area (Å²) in [4.78, 5) is 9.10. The molecule has 0 fully saturated rings. The van der Waals surface area contributed by atoms with Crippen LogP contribution in [0.1, 0.15) is 12.5 Å². The summed E-state index contributed by atoms with van der Waals surface area (Å²) >= 11 is 1.50. The maximum Gasteiger partial charge on any atom is 0.225 e. The maximum absolute atomic E-state index is 5.12. The number of methoxy groups -OCH3 is 2. The summed E-state index contributed by atoms with van der Waals surface area (Å²) in [7, 11) is 3.32. The summed E-state index contributed by atoms with van der Waals surface area (Å²) in [6, 6.07) is 8.03. The molecule has 0 aliphatic rings. The highest BCUT2D eigenvalue weighted by Gasteiger charge is 2.14. The van der Waals surface area contributed by atoms with Gasteiger partial charge in [-0.05, 0) is 30.4 Å². The average Bonchev–Trinajstić information content (AvgIpc) is 2.73. The molecule has 8 nitrogen and oxygen atoms in total. The first-order chi connectivity index (χ1) is 13.7. The van der Waals surface area contributed by atoms with Crippen LogP contribution in [0, 0.1) is 0 Å². The number of ether oxygens (including phenoxy) is 2. The van der Waals surface area contributed by atoms with Crippen molar-refractivity contribution in [3.05, 3.63) is 29.8 Å². The van der Waals surface area contributed by atoms with Gasteiger partial charge in [0.05, 0.1) is 18.9 Å². The van der Waals surface area contributed by atoms with Gasteiger partial charge in [-0.3, -0.25) is 0 Å². The van der Waals surface area contributed by atoms with E-state index in [1.54, 1.807) is 14.2 Å². The van der Waals surface area contributed by atoms with E-state index in [9.17, 15) is 0 Å². The molecule has 0 amide bonds. The molecule has 28 heavy (non-hydrogen) atoms. The number of azo groups is 1. The summed E-state index contributed by atoms with van der Waals surface area (Å²) in [6.07, 6.45) is 2.95. The van der Waals surface area contributed by atoms with Gasteiger partial charge in [-0.25, -0.2) is 4.98 Å². The molecular formula is C19H28N6O2S. The third-order valence-corrected chi connectivity index (χ3v) is 4.51. The number of anilines is 2. The molecule has 0 bridgehead atoms. The normalized spacial score (nSPS) is 11.1. The molecule has 9 heteroatoms. The van der Waals surface area contributed by atoms with Gasteiger partial charge >= 0.3 is 0 Å². The highest BCUT2D eigenvalue weighted by molar-refractivity contribution is 7.98. The molecule has 0 spiro atoms. The summed E-state index contributed by atoms with van der Waals surface area (Å²) in [5, 5.41) is 16.0. The molecule has 0 unspecified atom stereocenters. The van der Waals surface area contributed by atoms with Crippen molar-refractivity contribution < 1.29 is 9.47 Å². The van der Waals surface area contributed by atoms with Gasteiger partial charge in [0.1, 0.15) is 5.03 Å². The van der Waals surface area contributed by atoms with Crippen molar-refractivity contribution in [1.29, 1.82) is 0 Å². The monoisotopic (exact) mass is 404 g/mol. The van der Waals surface area contributed by atoms with E-state index in [4.69, 9.17) is 9.47 Å². The Hall–Kier alpha value is -2.23. The van der Waals surface area contributed by atoms with Crippen molar-refractivity contribution in [3.8, 4) is 0 Å². The zero-order valence-corrected chi connectivity index (χ0v) is 17.7. The number of nitrogens with zero attached hydrogens (tertiary/aromatic N) is 4. The van der Waals surface area contributed by atoms with Gasteiger partial charge in [0, 0.05) is 27.3 Å². The molecule has 152 valence electrons. The first kappa shape index (κ1) is 22.1. The molecule has 0 saturated heterocycles. The highest BCUT2D eigenvalue weighted by Crippen LogP contribution is 2.35. The predicted octanol–water partition coefficient (Wildman–Crippen LogP) is 4.29. The van der Waals surface area contributed by atoms with Gasteiger partial charge in [0.2, 0.25) is 5.95 Å². The zero-order valence-electron chi connectivity index (χ0n) is 16.9. The Morgan fingerprint density at radius 1 is 0.964 bits per heavy atom. The van der Waals surface area contributed by atoms with Crippen LogP contribution in [0.25, 0.3) is 0 Å². The summed E-state index contributed by atoms with van der Waals surface area (Å²) < 4.78 is 10.2. The van der Waals surface area contributed by atoms with Crippen LogP contribution in [-0.4, -0.2) is 56.7 Å². The molecule has 2 aromatic rings. The summed E-state index contributed by atoms with van der Waals surface area (Å²) in [5.74, 6) is 1.14. The van der Waals surface area contributed by atoms with Crippen molar-refractivity contribution >= 4 is 34.9 Å². The molecule has 1 aromatic carbocycles. The lowest BCUT2D eigenvalue weighted by Gasteiger charge is -2.13. The number of thioether (sulfide) groups is 1. The molecule has 0 atom stereocenters. The lowest BCUT2D eigenvalue weighted by molar-refractivity contribution is 0.210. The van der Waals surface area contributed by atoms with E-state index in [-0.39, 0.29) is 0 Å². The lowest BCUT2D eigenvalue weighted by Crippen LogP contribution is -2.14. The largest absolute Gasteiger partial charge is 0.383 e. The Morgan fingerprint density at radius 3 is 2.25 bits per heavy atom. The van der Waals surface area contributed by atoms with Crippen LogP contribution in [0.5, 0.6) is 0 Å². The van der Waals surface area contributed by atoms with E-state index < -0.39 is 0 Å². The first-order valence-corrected chi connectivity index (χ1v) is 10.4. The number of aromatic nitrogens is 2. The van der Waals surface area contributed by atoms with Crippen molar-refractivity contribution in [1.82, 2.24) is 9.97 Å². The van der Waals surface area contributed by atoms with E-state index in [1.807, 2.05) is 18.4 Å². The van der Waals surface area contributed by atoms with Crippen molar-refractivity contribution in [3.63, 3.8) is 0 Å². The molecular weight excluding hydrogens is 376 g/mol. The number of hydrogen-bond acceptors (Lipinski definition) is 9. The summed E-state index contributed by atoms with van der Waals surface area (Å²) in [5.41, 5.74) is 2.66. The molecule has 1 heterocycles. The van der Waals surface area contributed by atoms with Crippen LogP contribution in [0.15, 0.2) is 39.5 Å². The molecule has 2 N–H and O–H groups in total. The van der Waals surface area contributed by atoms with Crippen LogP contribution < -0.4 is 10.6 Å². The Morgan fingerprint density at radius 2 is 1.64 bits per heavy atom. The fourth-order valence-electron chi connectivity index (χ4n) is 2.31. The van der Waals surface area contributed by atoms with Crippen LogP contribution in [0.2, 0.25) is 0 Å². The van der Waals surface area contributed by atoms with Crippen LogP contribution in [0.3, 0.4) is 0 Å². The number of aryl methyl sites for hydroxylation is 1. The minimum atomic E-state index is 0.521. The van der Waals surface area contributed by atoms with Crippen LogP contribution >= 0.6 is 11.8 Å². The fourth-order valence-corrected chi connectivity index (χ4v) is 2.82. The fraction of sp³-hybridized carbons (Fsp3) is 0.474. The lowest BCUT2D eigenvalue weighted by atomic mass is 10.2. The molecule has 0 saturated carbocycles. The smallest absolute Gasteiger partial charge is 0.225 e. The Kier molecular flexibility index (Phi) is 9.67. The van der Waals surface area contributed by atoms with Crippen LogP contribution in [-0.2, 0) is 15.9 Å².